The quantitative estimate of drug-likeness (QED) is 0.422. The maximum atomic E-state index is 12.6. The molecule has 1 aromatic heterocycles. The lowest BCUT2D eigenvalue weighted by molar-refractivity contribution is 0.243. The highest BCUT2D eigenvalue weighted by Crippen LogP contribution is 2.29. The maximum Gasteiger partial charge on any atom is 0.319 e. The van der Waals surface area contributed by atoms with E-state index in [9.17, 15) is 4.79 Å². The summed E-state index contributed by atoms with van der Waals surface area (Å²) in [6, 6.07) is 18.6. The van der Waals surface area contributed by atoms with Gasteiger partial charge < -0.3 is 20.9 Å². The summed E-state index contributed by atoms with van der Waals surface area (Å²) >= 11 is 0. The number of hydrogen-bond acceptors (Lipinski definition) is 5. The van der Waals surface area contributed by atoms with Crippen LogP contribution in [0.1, 0.15) is 49.8 Å². The molecule has 2 aromatic carbocycles. The van der Waals surface area contributed by atoms with E-state index in [0.717, 1.165) is 67.1 Å². The molecule has 1 saturated carbocycles. The van der Waals surface area contributed by atoms with E-state index in [1.165, 1.54) is 24.1 Å². The van der Waals surface area contributed by atoms with E-state index >= 15 is 0 Å². The van der Waals surface area contributed by atoms with Gasteiger partial charge in [0.25, 0.3) is 0 Å². The zero-order valence-electron chi connectivity index (χ0n) is 21.3. The van der Waals surface area contributed by atoms with Crippen LogP contribution in [0.4, 0.5) is 22.2 Å². The molecule has 188 valence electrons. The molecule has 7 nitrogen and oxygen atoms in total. The maximum absolute atomic E-state index is 12.6. The van der Waals surface area contributed by atoms with Crippen molar-refractivity contribution >= 4 is 23.5 Å². The molecule has 2 aliphatic carbocycles. The first kappa shape index (κ1) is 24.1. The molecule has 7 heteroatoms. The molecule has 2 amide bonds. The highest BCUT2D eigenvalue weighted by Gasteiger charge is 2.25. The highest BCUT2D eigenvalue weighted by molar-refractivity contribution is 5.89. The van der Waals surface area contributed by atoms with Crippen LogP contribution < -0.4 is 20.9 Å². The predicted octanol–water partition coefficient (Wildman–Crippen LogP) is 5.63. The summed E-state index contributed by atoms with van der Waals surface area (Å²) in [6.07, 6.45) is 8.35. The number of carbonyl (C=O) groups excluding carboxylic acids is 1. The Morgan fingerprint density at radius 2 is 1.50 bits per heavy atom. The molecule has 0 atom stereocenters. The van der Waals surface area contributed by atoms with Gasteiger partial charge >= 0.3 is 6.03 Å². The minimum absolute atomic E-state index is 0.146. The number of fused-ring (bicyclic) bond motifs is 1. The molecule has 0 bridgehead atoms. The van der Waals surface area contributed by atoms with E-state index < -0.39 is 0 Å². The van der Waals surface area contributed by atoms with Gasteiger partial charge in [-0.1, -0.05) is 42.5 Å². The second kappa shape index (κ2) is 11.0. The highest BCUT2D eigenvalue weighted by atomic mass is 16.2. The number of aromatic nitrogens is 2. The zero-order valence-corrected chi connectivity index (χ0v) is 21.3. The summed E-state index contributed by atoms with van der Waals surface area (Å²) in [5.41, 5.74) is 5.60. The summed E-state index contributed by atoms with van der Waals surface area (Å²) in [7, 11) is 4.11. The van der Waals surface area contributed by atoms with Gasteiger partial charge in [-0.25, -0.2) is 9.78 Å². The molecule has 36 heavy (non-hydrogen) atoms. The van der Waals surface area contributed by atoms with Gasteiger partial charge in [0.05, 0.1) is 5.69 Å². The molecule has 0 spiro atoms. The summed E-state index contributed by atoms with van der Waals surface area (Å²) < 4.78 is 0. The fourth-order valence-corrected chi connectivity index (χ4v) is 5.30. The van der Waals surface area contributed by atoms with Crippen LogP contribution in [0.25, 0.3) is 11.1 Å². The fourth-order valence-electron chi connectivity index (χ4n) is 5.30. The third-order valence-corrected chi connectivity index (χ3v) is 7.23. The number of anilines is 3. The summed E-state index contributed by atoms with van der Waals surface area (Å²) in [5, 5.41) is 9.70. The summed E-state index contributed by atoms with van der Waals surface area (Å²) in [6.45, 7) is 0. The van der Waals surface area contributed by atoms with Gasteiger partial charge in [-0.05, 0) is 74.6 Å². The van der Waals surface area contributed by atoms with Gasteiger partial charge in [0.1, 0.15) is 5.82 Å². The number of benzene rings is 2. The van der Waals surface area contributed by atoms with E-state index in [2.05, 4.69) is 47.1 Å². The second-order valence-electron chi connectivity index (χ2n) is 10.1. The standard InChI is InChI=1S/C29H36N6O/c1-35(2)27-25-10-6-7-11-26(25)33-28(34-27)30-22-16-18-24(19-17-22)32-29(36)31-23-14-12-21(13-15-23)20-8-4-3-5-9-20/h3-5,8-9,12-15,22,24H,6-7,10-11,16-19H2,1-2H3,(H,30,33,34)(H2,31,32,36). The van der Waals surface area contributed by atoms with Gasteiger partial charge in [-0.2, -0.15) is 4.98 Å². The molecule has 1 heterocycles. The molecule has 0 unspecified atom stereocenters. The molecule has 0 radical (unpaired) electrons. The SMILES string of the molecule is CN(C)c1nc(NC2CCC(NC(=O)Nc3ccc(-c4ccccc4)cc3)CC2)nc2c1CCCC2. The van der Waals surface area contributed by atoms with Crippen LogP contribution in [-0.4, -0.2) is 42.2 Å². The molecular formula is C29H36N6O. The lowest BCUT2D eigenvalue weighted by Crippen LogP contribution is -2.42. The smallest absolute Gasteiger partial charge is 0.319 e. The first-order chi connectivity index (χ1) is 17.5. The van der Waals surface area contributed by atoms with Crippen LogP contribution in [0.5, 0.6) is 0 Å². The van der Waals surface area contributed by atoms with E-state index in [0.29, 0.717) is 6.04 Å². The lowest BCUT2D eigenvalue weighted by Gasteiger charge is -2.30. The molecule has 2 aliphatic rings. The number of aryl methyl sites for hydroxylation is 1. The van der Waals surface area contributed by atoms with Crippen molar-refractivity contribution in [3.8, 4) is 11.1 Å². The molecule has 3 N–H and O–H groups in total. The molecule has 3 aromatic rings. The van der Waals surface area contributed by atoms with Gasteiger partial charge in [-0.15, -0.1) is 0 Å². The van der Waals surface area contributed by atoms with Crippen molar-refractivity contribution < 1.29 is 4.79 Å². The molecule has 5 rings (SSSR count). The number of nitrogens with one attached hydrogen (secondary N) is 3. The average Bonchev–Trinajstić information content (AvgIpc) is 2.90. The lowest BCUT2D eigenvalue weighted by atomic mass is 9.91. The van der Waals surface area contributed by atoms with Crippen LogP contribution in [-0.2, 0) is 12.8 Å². The van der Waals surface area contributed by atoms with E-state index in [1.807, 2.05) is 42.5 Å². The Balaban J connectivity index is 1.11. The minimum atomic E-state index is -0.146. The van der Waals surface area contributed by atoms with Crippen LogP contribution in [0, 0.1) is 0 Å². The Hall–Kier alpha value is -3.61. The van der Waals surface area contributed by atoms with Crippen LogP contribution in [0.2, 0.25) is 0 Å². The Morgan fingerprint density at radius 3 is 2.22 bits per heavy atom. The Labute approximate surface area is 213 Å². The molecule has 1 fully saturated rings. The normalized spacial score (nSPS) is 19.2. The van der Waals surface area contributed by atoms with Crippen molar-refractivity contribution in [2.45, 2.75) is 63.5 Å². The van der Waals surface area contributed by atoms with Gasteiger partial charge in [-0.3, -0.25) is 0 Å². The van der Waals surface area contributed by atoms with Crippen molar-refractivity contribution in [1.82, 2.24) is 15.3 Å². The van der Waals surface area contributed by atoms with Crippen molar-refractivity contribution in [1.29, 1.82) is 0 Å². The number of rotatable bonds is 6. The topological polar surface area (TPSA) is 82.2 Å². The fraction of sp³-hybridized carbons (Fsp3) is 0.414. The zero-order chi connectivity index (χ0) is 24.9. The Kier molecular flexibility index (Phi) is 7.35. The van der Waals surface area contributed by atoms with E-state index in [1.54, 1.807) is 0 Å². The summed E-state index contributed by atoms with van der Waals surface area (Å²) in [5.74, 6) is 1.79. The number of hydrogen-bond donors (Lipinski definition) is 3. The summed E-state index contributed by atoms with van der Waals surface area (Å²) in [4.78, 5) is 24.4. The molecular weight excluding hydrogens is 448 g/mol. The second-order valence-corrected chi connectivity index (χ2v) is 10.1. The number of urea groups is 1. The van der Waals surface area contributed by atoms with Crippen LogP contribution in [0.3, 0.4) is 0 Å². The first-order valence-electron chi connectivity index (χ1n) is 13.1. The molecule has 0 saturated heterocycles. The Bertz CT molecular complexity index is 1170. The van der Waals surface area contributed by atoms with Crippen molar-refractivity contribution in [2.75, 3.05) is 29.6 Å². The van der Waals surface area contributed by atoms with Crippen LogP contribution in [0.15, 0.2) is 54.6 Å². The van der Waals surface area contributed by atoms with Gasteiger partial charge in [0.15, 0.2) is 0 Å². The van der Waals surface area contributed by atoms with E-state index in [4.69, 9.17) is 9.97 Å². The average molecular weight is 485 g/mol. The number of amides is 2. The Morgan fingerprint density at radius 1 is 0.833 bits per heavy atom. The third-order valence-electron chi connectivity index (χ3n) is 7.23. The van der Waals surface area contributed by atoms with Crippen molar-refractivity contribution in [3.63, 3.8) is 0 Å². The number of nitrogens with zero attached hydrogens (tertiary/aromatic N) is 3. The monoisotopic (exact) mass is 484 g/mol. The minimum Gasteiger partial charge on any atom is -0.362 e. The predicted molar refractivity (Wildman–Crippen MR) is 147 cm³/mol. The van der Waals surface area contributed by atoms with Gasteiger partial charge in [0, 0.05) is 37.4 Å². The first-order valence-corrected chi connectivity index (χ1v) is 13.1. The van der Waals surface area contributed by atoms with Gasteiger partial charge in [0.2, 0.25) is 5.95 Å². The van der Waals surface area contributed by atoms with Crippen molar-refractivity contribution in [2.24, 2.45) is 0 Å². The van der Waals surface area contributed by atoms with Crippen molar-refractivity contribution in [3.05, 3.63) is 65.9 Å². The van der Waals surface area contributed by atoms with E-state index in [-0.39, 0.29) is 12.1 Å². The largest absolute Gasteiger partial charge is 0.362 e. The van der Waals surface area contributed by atoms with Crippen LogP contribution >= 0.6 is 0 Å². The molecule has 0 aliphatic heterocycles. The third kappa shape index (κ3) is 5.78. The number of carbonyl (C=O) groups is 1.